The van der Waals surface area contributed by atoms with E-state index in [1.807, 2.05) is 0 Å². The molecule has 102 valence electrons. The van der Waals surface area contributed by atoms with Crippen molar-refractivity contribution in [2.45, 2.75) is 44.2 Å². The van der Waals surface area contributed by atoms with Gasteiger partial charge in [0.2, 0.25) is 5.91 Å². The predicted molar refractivity (Wildman–Crippen MR) is 79.0 cm³/mol. The standard InChI is InChI=1S/C15H19BrN2O/c16-11-4-6-13-10(8-11)2-1-3-14(13)17-9-12-5-7-15(19)18-12/h4,6,8,12,14,17H,1-3,5,7,9H2,(H,18,19)/t12?,14-/m1/s1. The van der Waals surface area contributed by atoms with Crippen LogP contribution in [0.4, 0.5) is 0 Å². The molecule has 2 aliphatic rings. The Hall–Kier alpha value is -0.870. The van der Waals surface area contributed by atoms with Crippen LogP contribution in [0.15, 0.2) is 22.7 Å². The van der Waals surface area contributed by atoms with Gasteiger partial charge >= 0.3 is 0 Å². The number of carbonyl (C=O) groups excluding carboxylic acids is 1. The first-order chi connectivity index (χ1) is 9.22. The van der Waals surface area contributed by atoms with Crippen molar-refractivity contribution >= 4 is 21.8 Å². The van der Waals surface area contributed by atoms with Crippen LogP contribution in [0.25, 0.3) is 0 Å². The molecule has 0 bridgehead atoms. The zero-order valence-electron chi connectivity index (χ0n) is 10.9. The number of benzene rings is 1. The number of hydrogen-bond donors (Lipinski definition) is 2. The molecule has 4 heteroatoms. The summed E-state index contributed by atoms with van der Waals surface area (Å²) in [6.45, 7) is 0.881. The van der Waals surface area contributed by atoms with Gasteiger partial charge in [0.15, 0.2) is 0 Å². The van der Waals surface area contributed by atoms with Gasteiger partial charge in [0.1, 0.15) is 0 Å². The van der Waals surface area contributed by atoms with Crippen LogP contribution in [0.5, 0.6) is 0 Å². The lowest BCUT2D eigenvalue weighted by molar-refractivity contribution is -0.119. The van der Waals surface area contributed by atoms with Crippen molar-refractivity contribution in [3.8, 4) is 0 Å². The average Bonchev–Trinajstić information content (AvgIpc) is 2.81. The Balaban J connectivity index is 1.65. The topological polar surface area (TPSA) is 41.1 Å². The smallest absolute Gasteiger partial charge is 0.220 e. The lowest BCUT2D eigenvalue weighted by Crippen LogP contribution is -2.38. The highest BCUT2D eigenvalue weighted by Crippen LogP contribution is 2.31. The fourth-order valence-electron chi connectivity index (χ4n) is 3.11. The maximum Gasteiger partial charge on any atom is 0.220 e. The lowest BCUT2D eigenvalue weighted by Gasteiger charge is -2.28. The van der Waals surface area contributed by atoms with Gasteiger partial charge in [-0.1, -0.05) is 22.0 Å². The van der Waals surface area contributed by atoms with Crippen molar-refractivity contribution in [2.24, 2.45) is 0 Å². The van der Waals surface area contributed by atoms with Gasteiger partial charge in [-0.15, -0.1) is 0 Å². The van der Waals surface area contributed by atoms with Gasteiger partial charge in [-0.2, -0.15) is 0 Å². The summed E-state index contributed by atoms with van der Waals surface area (Å²) in [4.78, 5) is 11.2. The highest BCUT2D eigenvalue weighted by atomic mass is 79.9. The number of fused-ring (bicyclic) bond motifs is 1. The molecule has 1 aliphatic heterocycles. The average molecular weight is 323 g/mol. The van der Waals surface area contributed by atoms with Gasteiger partial charge < -0.3 is 10.6 Å². The van der Waals surface area contributed by atoms with E-state index in [4.69, 9.17) is 0 Å². The predicted octanol–water partition coefficient (Wildman–Crippen LogP) is 2.69. The molecule has 0 radical (unpaired) electrons. The maximum absolute atomic E-state index is 11.2. The number of amides is 1. The van der Waals surface area contributed by atoms with Crippen molar-refractivity contribution in [1.82, 2.24) is 10.6 Å². The Bertz CT molecular complexity index is 489. The Morgan fingerprint density at radius 3 is 3.00 bits per heavy atom. The lowest BCUT2D eigenvalue weighted by atomic mass is 9.87. The number of halogens is 1. The van der Waals surface area contributed by atoms with E-state index in [0.717, 1.165) is 17.4 Å². The van der Waals surface area contributed by atoms with Gasteiger partial charge in [-0.25, -0.2) is 0 Å². The molecule has 1 saturated heterocycles. The fourth-order valence-corrected chi connectivity index (χ4v) is 3.52. The van der Waals surface area contributed by atoms with Gasteiger partial charge in [-0.05, 0) is 48.9 Å². The minimum atomic E-state index is 0.194. The van der Waals surface area contributed by atoms with E-state index in [1.54, 1.807) is 0 Å². The summed E-state index contributed by atoms with van der Waals surface area (Å²) in [5.74, 6) is 0.194. The second-order valence-electron chi connectivity index (χ2n) is 5.50. The minimum Gasteiger partial charge on any atom is -0.352 e. The summed E-state index contributed by atoms with van der Waals surface area (Å²) in [5.41, 5.74) is 2.88. The van der Waals surface area contributed by atoms with Crippen LogP contribution in [-0.2, 0) is 11.2 Å². The van der Waals surface area contributed by atoms with Crippen LogP contribution in [0.2, 0.25) is 0 Å². The van der Waals surface area contributed by atoms with Crippen molar-refractivity contribution in [3.63, 3.8) is 0 Å². The van der Waals surface area contributed by atoms with E-state index >= 15 is 0 Å². The Kier molecular flexibility index (Phi) is 3.89. The van der Waals surface area contributed by atoms with Crippen LogP contribution in [0.3, 0.4) is 0 Å². The summed E-state index contributed by atoms with van der Waals surface area (Å²) in [6.07, 6.45) is 5.24. The highest BCUT2D eigenvalue weighted by Gasteiger charge is 2.24. The molecule has 2 N–H and O–H groups in total. The van der Waals surface area contributed by atoms with Crippen molar-refractivity contribution < 1.29 is 4.79 Å². The van der Waals surface area contributed by atoms with Gasteiger partial charge in [0.25, 0.3) is 0 Å². The molecule has 1 amide bonds. The first-order valence-electron chi connectivity index (χ1n) is 7.03. The van der Waals surface area contributed by atoms with Crippen LogP contribution >= 0.6 is 15.9 Å². The van der Waals surface area contributed by atoms with E-state index in [9.17, 15) is 4.79 Å². The molecule has 1 unspecified atom stereocenters. The molecule has 0 saturated carbocycles. The van der Waals surface area contributed by atoms with Crippen molar-refractivity contribution in [1.29, 1.82) is 0 Å². The minimum absolute atomic E-state index is 0.194. The van der Waals surface area contributed by atoms with Gasteiger partial charge in [0.05, 0.1) is 0 Å². The van der Waals surface area contributed by atoms with Crippen LogP contribution < -0.4 is 10.6 Å². The summed E-state index contributed by atoms with van der Waals surface area (Å²) >= 11 is 3.54. The zero-order chi connectivity index (χ0) is 13.2. The van der Waals surface area contributed by atoms with Crippen LogP contribution in [0, 0.1) is 0 Å². The number of aryl methyl sites for hydroxylation is 1. The fraction of sp³-hybridized carbons (Fsp3) is 0.533. The molecular formula is C15H19BrN2O. The number of nitrogens with one attached hydrogen (secondary N) is 2. The highest BCUT2D eigenvalue weighted by molar-refractivity contribution is 9.10. The molecule has 3 nitrogen and oxygen atoms in total. The molecular weight excluding hydrogens is 304 g/mol. The van der Waals surface area contributed by atoms with E-state index in [2.05, 4.69) is 44.8 Å². The van der Waals surface area contributed by atoms with E-state index in [1.165, 1.54) is 30.4 Å². The molecule has 1 aromatic rings. The van der Waals surface area contributed by atoms with E-state index in [-0.39, 0.29) is 5.91 Å². The SMILES string of the molecule is O=C1CCC(CN[C@@H]2CCCc3cc(Br)ccc32)N1. The van der Waals surface area contributed by atoms with E-state index < -0.39 is 0 Å². The first-order valence-corrected chi connectivity index (χ1v) is 7.83. The Morgan fingerprint density at radius 2 is 2.21 bits per heavy atom. The number of carbonyl (C=O) groups is 1. The summed E-state index contributed by atoms with van der Waals surface area (Å²) in [7, 11) is 0. The third-order valence-corrected chi connectivity index (χ3v) is 4.61. The first kappa shape index (κ1) is 13.1. The molecule has 1 aromatic carbocycles. The number of hydrogen-bond acceptors (Lipinski definition) is 2. The third-order valence-electron chi connectivity index (χ3n) is 4.11. The maximum atomic E-state index is 11.2. The van der Waals surface area contributed by atoms with Gasteiger partial charge in [-0.3, -0.25) is 4.79 Å². The molecule has 3 rings (SSSR count). The third kappa shape index (κ3) is 3.00. The molecule has 19 heavy (non-hydrogen) atoms. The molecule has 0 aromatic heterocycles. The molecule has 1 heterocycles. The quantitative estimate of drug-likeness (QED) is 0.898. The largest absolute Gasteiger partial charge is 0.352 e. The Labute approximate surface area is 122 Å². The zero-order valence-corrected chi connectivity index (χ0v) is 12.5. The van der Waals surface area contributed by atoms with E-state index in [0.29, 0.717) is 18.5 Å². The van der Waals surface area contributed by atoms with Crippen molar-refractivity contribution in [2.75, 3.05) is 6.54 Å². The van der Waals surface area contributed by atoms with Gasteiger partial charge in [0, 0.05) is 29.5 Å². The number of rotatable bonds is 3. The molecule has 1 fully saturated rings. The molecule has 1 aliphatic carbocycles. The monoisotopic (exact) mass is 322 g/mol. The normalized spacial score (nSPS) is 26.1. The van der Waals surface area contributed by atoms with Crippen LogP contribution in [-0.4, -0.2) is 18.5 Å². The molecule has 0 spiro atoms. The van der Waals surface area contributed by atoms with Crippen LogP contribution in [0.1, 0.15) is 42.9 Å². The second kappa shape index (κ2) is 5.63. The molecule has 2 atom stereocenters. The summed E-state index contributed by atoms with van der Waals surface area (Å²) in [5, 5.41) is 6.65. The second-order valence-corrected chi connectivity index (χ2v) is 6.41. The summed E-state index contributed by atoms with van der Waals surface area (Å²) < 4.78 is 1.16. The van der Waals surface area contributed by atoms with Crippen molar-refractivity contribution in [3.05, 3.63) is 33.8 Å². The summed E-state index contributed by atoms with van der Waals surface area (Å²) in [6, 6.07) is 7.34. The Morgan fingerprint density at radius 1 is 1.32 bits per heavy atom.